The second-order valence-electron chi connectivity index (χ2n) is 10.3. The van der Waals surface area contributed by atoms with Crippen LogP contribution in [0.15, 0.2) is 46.2 Å². The van der Waals surface area contributed by atoms with E-state index in [9.17, 15) is 13.6 Å². The fourth-order valence-electron chi connectivity index (χ4n) is 5.66. The molecule has 0 N–H and O–H groups in total. The van der Waals surface area contributed by atoms with Crippen LogP contribution in [-0.4, -0.2) is 67.0 Å². The Bertz CT molecular complexity index is 1400. The average molecular weight is 544 g/mol. The van der Waals surface area contributed by atoms with E-state index in [2.05, 4.69) is 23.9 Å². The van der Waals surface area contributed by atoms with E-state index in [1.807, 2.05) is 0 Å². The molecule has 1 aromatic heterocycles. The topological polar surface area (TPSA) is 37.7 Å². The molecule has 0 amide bonds. The molecule has 1 saturated heterocycles. The third-order valence-corrected chi connectivity index (χ3v) is 9.10. The van der Waals surface area contributed by atoms with Gasteiger partial charge in [0, 0.05) is 42.4 Å². The molecule has 0 saturated carbocycles. The number of likely N-dealkylation sites (tertiary alicyclic amines) is 1. The van der Waals surface area contributed by atoms with E-state index < -0.39 is 17.5 Å². The Balaban J connectivity index is 1.65. The van der Waals surface area contributed by atoms with Gasteiger partial charge in [-0.3, -0.25) is 14.3 Å². The molecule has 3 aromatic rings. The summed E-state index contributed by atoms with van der Waals surface area (Å²) in [5, 5.41) is 0.704. The number of fused-ring (bicyclic) bond motifs is 1. The third-order valence-electron chi connectivity index (χ3n) is 7.83. The predicted molar refractivity (Wildman–Crippen MR) is 145 cm³/mol. The lowest BCUT2D eigenvalue weighted by Gasteiger charge is -2.25. The van der Waals surface area contributed by atoms with Gasteiger partial charge in [-0.25, -0.2) is 13.2 Å². The Morgan fingerprint density at radius 3 is 2.45 bits per heavy atom. The van der Waals surface area contributed by atoms with E-state index in [0.29, 0.717) is 34.5 Å². The van der Waals surface area contributed by atoms with E-state index in [-0.39, 0.29) is 40.5 Å². The van der Waals surface area contributed by atoms with Crippen LogP contribution >= 0.6 is 11.8 Å². The first-order valence-corrected chi connectivity index (χ1v) is 13.7. The maximum absolute atomic E-state index is 15.5. The summed E-state index contributed by atoms with van der Waals surface area (Å²) in [6.07, 6.45) is 1.02. The maximum Gasteiger partial charge on any atom is 0.260 e. The van der Waals surface area contributed by atoms with Crippen LogP contribution in [0.3, 0.4) is 0 Å². The summed E-state index contributed by atoms with van der Waals surface area (Å²) in [7, 11) is 5.52. The first-order chi connectivity index (χ1) is 18.2. The predicted octanol–water partition coefficient (Wildman–Crippen LogP) is 5.12. The Hall–Kier alpha value is -2.75. The summed E-state index contributed by atoms with van der Waals surface area (Å²) in [5.41, 5.74) is 1.15. The molecular weight excluding hydrogens is 511 g/mol. The monoisotopic (exact) mass is 543 g/mol. The summed E-state index contributed by atoms with van der Waals surface area (Å²) in [4.78, 5) is 18.7. The van der Waals surface area contributed by atoms with Crippen LogP contribution in [0.4, 0.5) is 13.2 Å². The van der Waals surface area contributed by atoms with Crippen LogP contribution in [-0.2, 0) is 6.42 Å². The van der Waals surface area contributed by atoms with E-state index in [1.165, 1.54) is 43.1 Å². The number of methoxy groups -OCH3 is 1. The van der Waals surface area contributed by atoms with Gasteiger partial charge in [-0.15, -0.1) is 11.8 Å². The highest BCUT2D eigenvalue weighted by atomic mass is 32.2. The van der Waals surface area contributed by atoms with Gasteiger partial charge in [0.15, 0.2) is 11.6 Å². The number of pyridine rings is 1. The van der Waals surface area contributed by atoms with E-state index in [0.717, 1.165) is 19.5 Å². The molecule has 0 spiro atoms. The molecule has 2 aliphatic heterocycles. The zero-order valence-electron chi connectivity index (χ0n) is 22.1. The third kappa shape index (κ3) is 4.76. The van der Waals surface area contributed by atoms with Crippen molar-refractivity contribution in [1.29, 1.82) is 0 Å². The van der Waals surface area contributed by atoms with E-state index in [4.69, 9.17) is 4.74 Å². The first-order valence-electron chi connectivity index (χ1n) is 12.8. The molecule has 38 heavy (non-hydrogen) atoms. The Morgan fingerprint density at radius 1 is 1.08 bits per heavy atom. The van der Waals surface area contributed by atoms with Crippen LogP contribution in [0.5, 0.6) is 5.75 Å². The van der Waals surface area contributed by atoms with Gasteiger partial charge in [0.05, 0.1) is 23.7 Å². The minimum atomic E-state index is -0.644. The number of aromatic nitrogens is 1. The summed E-state index contributed by atoms with van der Waals surface area (Å²) in [6.45, 7) is 4.26. The number of thioether (sulfide) groups is 1. The molecule has 2 atom stereocenters. The smallest absolute Gasteiger partial charge is 0.260 e. The summed E-state index contributed by atoms with van der Waals surface area (Å²) < 4.78 is 51.9. The van der Waals surface area contributed by atoms with Gasteiger partial charge in [-0.1, -0.05) is 18.2 Å². The number of hydrogen-bond acceptors (Lipinski definition) is 5. The number of halogens is 3. The molecule has 1 fully saturated rings. The van der Waals surface area contributed by atoms with E-state index >= 15 is 4.39 Å². The van der Waals surface area contributed by atoms with Crippen molar-refractivity contribution < 1.29 is 17.9 Å². The van der Waals surface area contributed by atoms with Crippen LogP contribution in [0.25, 0.3) is 11.1 Å². The van der Waals surface area contributed by atoms with Gasteiger partial charge in [-0.05, 0) is 63.3 Å². The SMILES string of the molecule is COc1cccc(-c2c(C)c(Cc3c(F)cccc3F)c3n(c2=O)C(CN2CC[C@@H](N(C)C)C2)CS3)c1F. The number of ether oxygens (including phenoxy) is 1. The molecule has 0 radical (unpaired) electrons. The van der Waals surface area contributed by atoms with Crippen molar-refractivity contribution in [3.63, 3.8) is 0 Å². The number of benzene rings is 2. The van der Waals surface area contributed by atoms with E-state index in [1.54, 1.807) is 23.6 Å². The Labute approximate surface area is 225 Å². The second kappa shape index (κ2) is 10.8. The van der Waals surface area contributed by atoms with Crippen LogP contribution in [0, 0.1) is 24.4 Å². The van der Waals surface area contributed by atoms with Crippen LogP contribution in [0.2, 0.25) is 0 Å². The number of hydrogen-bond donors (Lipinski definition) is 0. The average Bonchev–Trinajstić information content (AvgIpc) is 3.52. The zero-order valence-corrected chi connectivity index (χ0v) is 22.9. The van der Waals surface area contributed by atoms with Crippen molar-refractivity contribution >= 4 is 11.8 Å². The normalized spacial score (nSPS) is 19.4. The summed E-state index contributed by atoms with van der Waals surface area (Å²) >= 11 is 1.53. The van der Waals surface area contributed by atoms with Gasteiger partial charge < -0.3 is 9.64 Å². The van der Waals surface area contributed by atoms with Crippen LogP contribution in [0.1, 0.15) is 29.2 Å². The van der Waals surface area contributed by atoms with Crippen LogP contribution < -0.4 is 10.3 Å². The molecule has 9 heteroatoms. The van der Waals surface area contributed by atoms with Crippen molar-refractivity contribution in [1.82, 2.24) is 14.4 Å². The molecule has 1 unspecified atom stereocenters. The molecule has 3 heterocycles. The number of likely N-dealkylation sites (N-methyl/N-ethyl adjacent to an activating group) is 1. The molecule has 2 aliphatic rings. The molecule has 5 rings (SSSR count). The highest BCUT2D eigenvalue weighted by molar-refractivity contribution is 7.99. The lowest BCUT2D eigenvalue weighted by atomic mass is 9.94. The fraction of sp³-hybridized carbons (Fsp3) is 0.414. The van der Waals surface area contributed by atoms with Crippen molar-refractivity contribution in [2.75, 3.05) is 46.6 Å². The van der Waals surface area contributed by atoms with Crippen molar-refractivity contribution in [3.05, 3.63) is 80.9 Å². The van der Waals surface area contributed by atoms with Crippen molar-refractivity contribution in [3.8, 4) is 16.9 Å². The zero-order chi connectivity index (χ0) is 27.1. The maximum atomic E-state index is 15.5. The lowest BCUT2D eigenvalue weighted by Crippen LogP contribution is -2.37. The molecule has 5 nitrogen and oxygen atoms in total. The van der Waals surface area contributed by atoms with Crippen molar-refractivity contribution in [2.24, 2.45) is 0 Å². The van der Waals surface area contributed by atoms with Gasteiger partial charge in [0.1, 0.15) is 11.6 Å². The minimum Gasteiger partial charge on any atom is -0.494 e. The van der Waals surface area contributed by atoms with Gasteiger partial charge >= 0.3 is 0 Å². The second-order valence-corrected chi connectivity index (χ2v) is 11.3. The quantitative estimate of drug-likeness (QED) is 0.414. The highest BCUT2D eigenvalue weighted by Gasteiger charge is 2.34. The van der Waals surface area contributed by atoms with Gasteiger partial charge in [-0.2, -0.15) is 0 Å². The molecule has 0 aliphatic carbocycles. The summed E-state index contributed by atoms with van der Waals surface area (Å²) in [6, 6.07) is 8.82. The highest BCUT2D eigenvalue weighted by Crippen LogP contribution is 2.41. The molecule has 2 aromatic carbocycles. The molecule has 0 bridgehead atoms. The fourth-order valence-corrected chi connectivity index (χ4v) is 7.04. The van der Waals surface area contributed by atoms with Crippen molar-refractivity contribution in [2.45, 2.75) is 36.9 Å². The standard InChI is InChI=1S/C29H32F3N3O2S/c1-17-21(13-22-23(30)8-6-9-24(22)31)29-35(19(16-38-29)15-34-12-11-18(14-34)33(2)3)28(36)26(17)20-7-5-10-25(37-4)27(20)32/h5-10,18-19H,11-16H2,1-4H3/t18-,19?/m1/s1. The Kier molecular flexibility index (Phi) is 7.62. The largest absolute Gasteiger partial charge is 0.494 e. The number of rotatable bonds is 7. The Morgan fingerprint density at radius 2 is 1.79 bits per heavy atom. The lowest BCUT2D eigenvalue weighted by molar-refractivity contribution is 0.246. The first kappa shape index (κ1) is 26.8. The molecule has 202 valence electrons. The molecular formula is C29H32F3N3O2S. The number of nitrogens with zero attached hydrogens (tertiary/aromatic N) is 3. The van der Waals surface area contributed by atoms with Gasteiger partial charge in [0.25, 0.3) is 5.56 Å². The minimum absolute atomic E-state index is 0.0335. The summed E-state index contributed by atoms with van der Waals surface area (Å²) in [5.74, 6) is -1.22. The van der Waals surface area contributed by atoms with Gasteiger partial charge in [0.2, 0.25) is 0 Å².